The Morgan fingerprint density at radius 1 is 1.20 bits per heavy atom. The summed E-state index contributed by atoms with van der Waals surface area (Å²) in [4.78, 5) is 12.5. The number of hydrogen-bond donors (Lipinski definition) is 1. The number of Topliss-reactive ketones (excluding diaryl/α,β-unsaturated/α-hetero) is 1. The van der Waals surface area contributed by atoms with Gasteiger partial charge in [-0.3, -0.25) is 4.79 Å². The molecular weight excluding hydrogens is 250 g/mol. The first-order valence-corrected chi connectivity index (χ1v) is 7.82. The van der Waals surface area contributed by atoms with E-state index in [4.69, 9.17) is 4.74 Å². The number of benzene rings is 1. The minimum absolute atomic E-state index is 0.0764. The van der Waals surface area contributed by atoms with E-state index in [0.29, 0.717) is 18.1 Å². The molecule has 1 fully saturated rings. The summed E-state index contributed by atoms with van der Waals surface area (Å²) < 4.78 is 5.67. The highest BCUT2D eigenvalue weighted by atomic mass is 16.5. The van der Waals surface area contributed by atoms with Gasteiger partial charge in [0, 0.05) is 6.42 Å². The van der Waals surface area contributed by atoms with Gasteiger partial charge in [-0.05, 0) is 43.4 Å². The molecule has 0 bridgehead atoms. The average Bonchev–Trinajstić information content (AvgIpc) is 2.77. The Hall–Kier alpha value is -1.35. The fourth-order valence-corrected chi connectivity index (χ4v) is 3.32. The first kappa shape index (κ1) is 13.6. The molecule has 2 heterocycles. The van der Waals surface area contributed by atoms with Crippen LogP contribution in [0.15, 0.2) is 24.3 Å². The Morgan fingerprint density at radius 3 is 3.05 bits per heavy atom. The first-order valence-electron chi connectivity index (χ1n) is 7.82. The van der Waals surface area contributed by atoms with Gasteiger partial charge < -0.3 is 10.1 Å². The zero-order valence-electron chi connectivity index (χ0n) is 11.9. The summed E-state index contributed by atoms with van der Waals surface area (Å²) in [5.74, 6) is 1.68. The van der Waals surface area contributed by atoms with E-state index in [-0.39, 0.29) is 6.04 Å². The number of ketones is 1. The van der Waals surface area contributed by atoms with E-state index < -0.39 is 0 Å². The standard InChI is InChI=1S/C17H23NO2/c19-16(15-7-2-1-5-10-18-15)12-13-9-11-20-17-8-4-3-6-14(13)17/h3-4,6,8,13,15,18H,1-2,5,7,9-12H2. The van der Waals surface area contributed by atoms with E-state index >= 15 is 0 Å². The van der Waals surface area contributed by atoms with Crippen molar-refractivity contribution in [2.75, 3.05) is 13.2 Å². The molecule has 2 aliphatic heterocycles. The molecule has 1 aromatic rings. The van der Waals surface area contributed by atoms with Crippen molar-refractivity contribution in [2.45, 2.75) is 50.5 Å². The number of para-hydroxylation sites is 1. The normalized spacial score (nSPS) is 26.2. The van der Waals surface area contributed by atoms with Crippen molar-refractivity contribution >= 4 is 5.78 Å². The predicted molar refractivity (Wildman–Crippen MR) is 79.2 cm³/mol. The zero-order valence-corrected chi connectivity index (χ0v) is 11.9. The largest absolute Gasteiger partial charge is 0.493 e. The Labute approximate surface area is 120 Å². The van der Waals surface area contributed by atoms with Gasteiger partial charge in [-0.2, -0.15) is 0 Å². The maximum absolute atomic E-state index is 12.5. The molecule has 0 radical (unpaired) electrons. The van der Waals surface area contributed by atoms with Crippen LogP contribution in [0.5, 0.6) is 5.75 Å². The highest BCUT2D eigenvalue weighted by Crippen LogP contribution is 2.35. The third kappa shape index (κ3) is 3.04. The number of rotatable bonds is 3. The summed E-state index contributed by atoms with van der Waals surface area (Å²) >= 11 is 0. The Morgan fingerprint density at radius 2 is 2.10 bits per heavy atom. The quantitative estimate of drug-likeness (QED) is 0.920. The number of ether oxygens (including phenoxy) is 1. The number of hydrogen-bond acceptors (Lipinski definition) is 3. The van der Waals surface area contributed by atoms with Gasteiger partial charge in [0.05, 0.1) is 12.6 Å². The lowest BCUT2D eigenvalue weighted by Crippen LogP contribution is -2.37. The fraction of sp³-hybridized carbons (Fsp3) is 0.588. The summed E-state index contributed by atoms with van der Waals surface area (Å²) in [6.45, 7) is 1.72. The molecule has 2 unspecified atom stereocenters. The fourth-order valence-electron chi connectivity index (χ4n) is 3.32. The first-order chi connectivity index (χ1) is 9.84. The van der Waals surface area contributed by atoms with E-state index in [2.05, 4.69) is 11.4 Å². The maximum atomic E-state index is 12.5. The highest BCUT2D eigenvalue weighted by molar-refractivity contribution is 5.85. The second-order valence-corrected chi connectivity index (χ2v) is 5.90. The SMILES string of the molecule is O=C(CC1CCOc2ccccc21)C1CCCCCN1. The lowest BCUT2D eigenvalue weighted by molar-refractivity contribution is -0.121. The van der Waals surface area contributed by atoms with Crippen molar-refractivity contribution < 1.29 is 9.53 Å². The van der Waals surface area contributed by atoms with E-state index in [1.807, 2.05) is 18.2 Å². The van der Waals surface area contributed by atoms with Gasteiger partial charge in [0.25, 0.3) is 0 Å². The number of carbonyl (C=O) groups excluding carboxylic acids is 1. The van der Waals surface area contributed by atoms with Crippen molar-refractivity contribution in [3.05, 3.63) is 29.8 Å². The smallest absolute Gasteiger partial charge is 0.150 e. The summed E-state index contributed by atoms with van der Waals surface area (Å²) in [6, 6.07) is 8.22. The summed E-state index contributed by atoms with van der Waals surface area (Å²) in [6.07, 6.45) is 6.23. The molecule has 108 valence electrons. The lowest BCUT2D eigenvalue weighted by atomic mass is 9.86. The van der Waals surface area contributed by atoms with E-state index in [9.17, 15) is 4.79 Å². The highest BCUT2D eigenvalue weighted by Gasteiger charge is 2.27. The van der Waals surface area contributed by atoms with Crippen molar-refractivity contribution in [2.24, 2.45) is 0 Å². The van der Waals surface area contributed by atoms with Crippen LogP contribution < -0.4 is 10.1 Å². The van der Waals surface area contributed by atoms with E-state index in [1.54, 1.807) is 0 Å². The molecule has 1 N–H and O–H groups in total. The van der Waals surface area contributed by atoms with Gasteiger partial charge in [-0.25, -0.2) is 0 Å². The second-order valence-electron chi connectivity index (χ2n) is 5.90. The van der Waals surface area contributed by atoms with Crippen LogP contribution >= 0.6 is 0 Å². The summed E-state index contributed by atoms with van der Waals surface area (Å²) in [7, 11) is 0. The van der Waals surface area contributed by atoms with Crippen LogP contribution in [0.4, 0.5) is 0 Å². The monoisotopic (exact) mass is 273 g/mol. The Kier molecular flexibility index (Phi) is 4.36. The van der Waals surface area contributed by atoms with Crippen molar-refractivity contribution in [3.63, 3.8) is 0 Å². The number of nitrogens with one attached hydrogen (secondary N) is 1. The molecule has 0 aliphatic carbocycles. The molecule has 0 spiro atoms. The molecule has 20 heavy (non-hydrogen) atoms. The third-order valence-corrected chi connectivity index (χ3v) is 4.48. The van der Waals surface area contributed by atoms with Crippen LogP contribution in [0.1, 0.15) is 50.0 Å². The van der Waals surface area contributed by atoms with Crippen LogP contribution in [0.3, 0.4) is 0 Å². The zero-order chi connectivity index (χ0) is 13.8. The molecular formula is C17H23NO2. The van der Waals surface area contributed by atoms with Crippen molar-refractivity contribution in [3.8, 4) is 5.75 Å². The van der Waals surface area contributed by atoms with Crippen LogP contribution in [-0.4, -0.2) is 25.0 Å². The Balaban J connectivity index is 1.67. The minimum atomic E-state index is 0.0764. The maximum Gasteiger partial charge on any atom is 0.150 e. The minimum Gasteiger partial charge on any atom is -0.493 e. The molecule has 3 rings (SSSR count). The van der Waals surface area contributed by atoms with Crippen LogP contribution in [0, 0.1) is 0 Å². The molecule has 2 aliphatic rings. The second kappa shape index (κ2) is 6.40. The third-order valence-electron chi connectivity index (χ3n) is 4.48. The molecule has 3 nitrogen and oxygen atoms in total. The lowest BCUT2D eigenvalue weighted by Gasteiger charge is -2.26. The van der Waals surface area contributed by atoms with Gasteiger partial charge in [0.1, 0.15) is 11.5 Å². The van der Waals surface area contributed by atoms with Crippen LogP contribution in [-0.2, 0) is 4.79 Å². The van der Waals surface area contributed by atoms with Gasteiger partial charge in [-0.1, -0.05) is 31.0 Å². The molecule has 3 heteroatoms. The molecule has 1 aromatic carbocycles. The van der Waals surface area contributed by atoms with Crippen molar-refractivity contribution in [1.29, 1.82) is 0 Å². The molecule has 2 atom stereocenters. The predicted octanol–water partition coefficient (Wildman–Crippen LogP) is 3.04. The van der Waals surface area contributed by atoms with Crippen molar-refractivity contribution in [1.82, 2.24) is 5.32 Å². The molecule has 0 aromatic heterocycles. The molecule has 0 saturated carbocycles. The number of carbonyl (C=O) groups is 1. The summed E-state index contributed by atoms with van der Waals surface area (Å²) in [5, 5.41) is 3.41. The molecule has 0 amide bonds. The van der Waals surface area contributed by atoms with Crippen LogP contribution in [0.2, 0.25) is 0 Å². The van der Waals surface area contributed by atoms with Gasteiger partial charge in [-0.15, -0.1) is 0 Å². The van der Waals surface area contributed by atoms with Gasteiger partial charge >= 0.3 is 0 Å². The van der Waals surface area contributed by atoms with Gasteiger partial charge in [0.2, 0.25) is 0 Å². The average molecular weight is 273 g/mol. The topological polar surface area (TPSA) is 38.3 Å². The van der Waals surface area contributed by atoms with Crippen LogP contribution in [0.25, 0.3) is 0 Å². The van der Waals surface area contributed by atoms with E-state index in [0.717, 1.165) is 31.7 Å². The summed E-state index contributed by atoms with van der Waals surface area (Å²) in [5.41, 5.74) is 1.21. The molecule has 1 saturated heterocycles. The Bertz CT molecular complexity index is 464. The van der Waals surface area contributed by atoms with E-state index in [1.165, 1.54) is 24.8 Å². The van der Waals surface area contributed by atoms with Gasteiger partial charge in [0.15, 0.2) is 0 Å². The number of fused-ring (bicyclic) bond motifs is 1.